The number of anilines is 2. The molecule has 2 atom stereocenters. The van der Waals surface area contributed by atoms with Gasteiger partial charge >= 0.3 is 0 Å². The van der Waals surface area contributed by atoms with Gasteiger partial charge in [-0.2, -0.15) is 5.10 Å². The number of nitrogens with one attached hydrogen (secondary N) is 2. The molecule has 1 aliphatic heterocycles. The molecule has 0 unspecified atom stereocenters. The van der Waals surface area contributed by atoms with Gasteiger partial charge in [0.05, 0.1) is 30.8 Å². The molecule has 0 aromatic carbocycles. The monoisotopic (exact) mass is 359 g/mol. The van der Waals surface area contributed by atoms with Gasteiger partial charge in [0.25, 0.3) is 0 Å². The first-order valence-corrected chi connectivity index (χ1v) is 8.63. The van der Waals surface area contributed by atoms with E-state index in [1.807, 2.05) is 44.4 Å². The maximum Gasteiger partial charge on any atom is 0.226 e. The third-order valence-corrected chi connectivity index (χ3v) is 4.26. The Morgan fingerprint density at radius 2 is 2.23 bits per heavy atom. The van der Waals surface area contributed by atoms with Crippen molar-refractivity contribution in [3.63, 3.8) is 0 Å². The van der Waals surface area contributed by atoms with Crippen LogP contribution in [-0.4, -0.2) is 65.0 Å². The lowest BCUT2D eigenvalue weighted by Crippen LogP contribution is -2.52. The van der Waals surface area contributed by atoms with E-state index in [9.17, 15) is 4.79 Å². The van der Waals surface area contributed by atoms with Crippen molar-refractivity contribution in [1.82, 2.24) is 25.1 Å². The Kier molecular flexibility index (Phi) is 5.67. The van der Waals surface area contributed by atoms with Gasteiger partial charge in [0.1, 0.15) is 18.0 Å². The number of hydrogen-bond acceptors (Lipinski definition) is 7. The fourth-order valence-corrected chi connectivity index (χ4v) is 2.89. The zero-order chi connectivity index (χ0) is 18.5. The number of aromatic nitrogens is 4. The quantitative estimate of drug-likeness (QED) is 0.761. The molecule has 1 aliphatic rings. The summed E-state index contributed by atoms with van der Waals surface area (Å²) in [7, 11) is 5.69. The fourth-order valence-electron chi connectivity index (χ4n) is 2.89. The molecule has 0 spiro atoms. The van der Waals surface area contributed by atoms with Crippen molar-refractivity contribution in [2.75, 3.05) is 37.5 Å². The van der Waals surface area contributed by atoms with Crippen LogP contribution in [0.1, 0.15) is 12.1 Å². The van der Waals surface area contributed by atoms with Crippen LogP contribution in [0.4, 0.5) is 11.6 Å². The van der Waals surface area contributed by atoms with E-state index >= 15 is 0 Å². The number of hydrogen-bond donors (Lipinski definition) is 2. The second-order valence-corrected chi connectivity index (χ2v) is 6.60. The summed E-state index contributed by atoms with van der Waals surface area (Å²) in [5, 5.41) is 10.7. The minimum atomic E-state index is -0.0543. The number of aryl methyl sites for hydroxylation is 1. The molecule has 26 heavy (non-hydrogen) atoms. The lowest BCUT2D eigenvalue weighted by Gasteiger charge is -2.33. The Morgan fingerprint density at radius 3 is 2.96 bits per heavy atom. The smallest absolute Gasteiger partial charge is 0.226 e. The molecule has 0 aliphatic carbocycles. The van der Waals surface area contributed by atoms with Crippen molar-refractivity contribution < 1.29 is 9.53 Å². The average molecular weight is 359 g/mol. The summed E-state index contributed by atoms with van der Waals surface area (Å²) in [6.45, 7) is 1.13. The minimum Gasteiger partial charge on any atom is -0.379 e. The molecule has 0 saturated carbocycles. The average Bonchev–Trinajstić information content (AvgIpc) is 3.01. The van der Waals surface area contributed by atoms with E-state index in [0.717, 1.165) is 17.9 Å². The lowest BCUT2D eigenvalue weighted by atomic mass is 10.0. The predicted octanol–water partition coefficient (Wildman–Crippen LogP) is 0.204. The summed E-state index contributed by atoms with van der Waals surface area (Å²) in [4.78, 5) is 22.8. The number of amides is 1. The van der Waals surface area contributed by atoms with Crippen LogP contribution in [0.15, 0.2) is 24.7 Å². The second kappa shape index (κ2) is 8.13. The van der Waals surface area contributed by atoms with E-state index in [-0.39, 0.29) is 24.4 Å². The van der Waals surface area contributed by atoms with E-state index in [1.165, 1.54) is 6.33 Å². The van der Waals surface area contributed by atoms with Gasteiger partial charge in [0.15, 0.2) is 0 Å². The number of ether oxygens (including phenoxy) is 1. The SMILES string of the molecule is CN(C)c1cc(N[C@@H]2COCC[C@@H]2NC(=O)Cc2ccn(C)n2)ncn1. The van der Waals surface area contributed by atoms with Gasteiger partial charge in [-0.25, -0.2) is 9.97 Å². The predicted molar refractivity (Wildman–Crippen MR) is 98.0 cm³/mol. The molecule has 0 bridgehead atoms. The van der Waals surface area contributed by atoms with Crippen LogP contribution in [0.5, 0.6) is 0 Å². The summed E-state index contributed by atoms with van der Waals surface area (Å²) in [5.41, 5.74) is 0.757. The van der Waals surface area contributed by atoms with E-state index in [1.54, 1.807) is 4.68 Å². The zero-order valence-electron chi connectivity index (χ0n) is 15.3. The van der Waals surface area contributed by atoms with Crippen LogP contribution in [0, 0.1) is 0 Å². The lowest BCUT2D eigenvalue weighted by molar-refractivity contribution is -0.121. The number of rotatable bonds is 6. The van der Waals surface area contributed by atoms with Crippen LogP contribution in [-0.2, 0) is 23.0 Å². The molecular weight excluding hydrogens is 334 g/mol. The van der Waals surface area contributed by atoms with Crippen LogP contribution in [0.2, 0.25) is 0 Å². The maximum absolute atomic E-state index is 12.4. The molecule has 1 fully saturated rings. The van der Waals surface area contributed by atoms with Crippen molar-refractivity contribution in [3.8, 4) is 0 Å². The summed E-state index contributed by atoms with van der Waals surface area (Å²) < 4.78 is 7.28. The summed E-state index contributed by atoms with van der Waals surface area (Å²) in [5.74, 6) is 1.48. The molecule has 1 amide bonds. The van der Waals surface area contributed by atoms with E-state index in [2.05, 4.69) is 25.7 Å². The Balaban J connectivity index is 1.62. The molecule has 3 heterocycles. The molecule has 2 N–H and O–H groups in total. The van der Waals surface area contributed by atoms with Gasteiger partial charge in [-0.1, -0.05) is 0 Å². The number of carbonyl (C=O) groups is 1. The third-order valence-electron chi connectivity index (χ3n) is 4.26. The molecule has 2 aromatic rings. The van der Waals surface area contributed by atoms with Crippen LogP contribution >= 0.6 is 0 Å². The molecule has 2 aromatic heterocycles. The van der Waals surface area contributed by atoms with Crippen molar-refractivity contribution in [3.05, 3.63) is 30.4 Å². The molecular formula is C17H25N7O2. The van der Waals surface area contributed by atoms with Gasteiger partial charge in [-0.15, -0.1) is 0 Å². The zero-order valence-corrected chi connectivity index (χ0v) is 15.3. The topological polar surface area (TPSA) is 97.2 Å². The summed E-state index contributed by atoms with van der Waals surface area (Å²) in [6.07, 6.45) is 4.37. The highest BCUT2D eigenvalue weighted by Gasteiger charge is 2.27. The molecule has 9 heteroatoms. The Morgan fingerprint density at radius 1 is 1.38 bits per heavy atom. The Hall–Kier alpha value is -2.68. The first-order valence-electron chi connectivity index (χ1n) is 8.63. The first kappa shape index (κ1) is 18.1. The normalized spacial score (nSPS) is 19.8. The standard InChI is InChI=1S/C17H25N7O2/c1-23(2)16-9-15(18-11-19-16)20-14-10-26-7-5-13(14)21-17(25)8-12-4-6-24(3)22-12/h4,6,9,11,13-14H,5,7-8,10H2,1-3H3,(H,21,25)(H,18,19,20)/t13-,14+/m0/s1. The van der Waals surface area contributed by atoms with Crippen LogP contribution in [0.25, 0.3) is 0 Å². The highest BCUT2D eigenvalue weighted by atomic mass is 16.5. The van der Waals surface area contributed by atoms with Gasteiger partial charge in [0.2, 0.25) is 5.91 Å². The van der Waals surface area contributed by atoms with Gasteiger partial charge < -0.3 is 20.3 Å². The van der Waals surface area contributed by atoms with Crippen LogP contribution < -0.4 is 15.5 Å². The van der Waals surface area contributed by atoms with E-state index in [4.69, 9.17) is 4.74 Å². The highest BCUT2D eigenvalue weighted by molar-refractivity contribution is 5.78. The van der Waals surface area contributed by atoms with Crippen molar-refractivity contribution in [2.24, 2.45) is 7.05 Å². The van der Waals surface area contributed by atoms with E-state index < -0.39 is 0 Å². The number of nitrogens with zero attached hydrogens (tertiary/aromatic N) is 5. The summed E-state index contributed by atoms with van der Waals surface area (Å²) >= 11 is 0. The van der Waals surface area contributed by atoms with Crippen molar-refractivity contribution in [1.29, 1.82) is 0 Å². The largest absolute Gasteiger partial charge is 0.379 e. The van der Waals surface area contributed by atoms with Crippen molar-refractivity contribution >= 4 is 17.5 Å². The van der Waals surface area contributed by atoms with E-state index in [0.29, 0.717) is 19.0 Å². The first-order chi connectivity index (χ1) is 12.5. The second-order valence-electron chi connectivity index (χ2n) is 6.60. The summed E-state index contributed by atoms with van der Waals surface area (Å²) in [6, 6.07) is 3.64. The maximum atomic E-state index is 12.4. The third kappa shape index (κ3) is 4.69. The molecule has 3 rings (SSSR count). The van der Waals surface area contributed by atoms with Gasteiger partial charge in [-0.3, -0.25) is 9.48 Å². The van der Waals surface area contributed by atoms with Gasteiger partial charge in [0, 0.05) is 40.0 Å². The molecule has 1 saturated heterocycles. The Labute approximate surface area is 152 Å². The minimum absolute atomic E-state index is 0.0299. The van der Waals surface area contributed by atoms with Gasteiger partial charge in [-0.05, 0) is 12.5 Å². The molecule has 9 nitrogen and oxygen atoms in total. The Bertz CT molecular complexity index is 746. The number of carbonyl (C=O) groups excluding carboxylic acids is 1. The fraction of sp³-hybridized carbons (Fsp3) is 0.529. The molecule has 140 valence electrons. The van der Waals surface area contributed by atoms with Crippen LogP contribution in [0.3, 0.4) is 0 Å². The highest BCUT2D eigenvalue weighted by Crippen LogP contribution is 2.16. The van der Waals surface area contributed by atoms with Crippen molar-refractivity contribution in [2.45, 2.75) is 24.9 Å². The molecule has 0 radical (unpaired) electrons.